The van der Waals surface area contributed by atoms with Crippen LogP contribution in [0.15, 0.2) is 42.5 Å². The van der Waals surface area contributed by atoms with Crippen LogP contribution in [0.3, 0.4) is 0 Å². The summed E-state index contributed by atoms with van der Waals surface area (Å²) >= 11 is 12.2. The van der Waals surface area contributed by atoms with E-state index >= 15 is 0 Å². The Kier molecular flexibility index (Phi) is 4.92. The molecule has 0 saturated carbocycles. The number of rotatable bonds is 4. The molecule has 1 nitrogen and oxygen atoms in total. The fourth-order valence-electron chi connectivity index (χ4n) is 2.29. The summed E-state index contributed by atoms with van der Waals surface area (Å²) in [6, 6.07) is 11.8. The fourth-order valence-corrected chi connectivity index (χ4v) is 2.69. The number of halogens is 3. The Hall–Kier alpha value is -1.09. The lowest BCUT2D eigenvalue weighted by Gasteiger charge is -2.32. The molecule has 0 aliphatic carbocycles. The van der Waals surface area contributed by atoms with Gasteiger partial charge in [-0.3, -0.25) is 0 Å². The van der Waals surface area contributed by atoms with Crippen LogP contribution in [0, 0.1) is 5.82 Å². The topological polar surface area (TPSA) is 26.0 Å². The molecule has 0 fully saturated rings. The zero-order chi connectivity index (χ0) is 15.6. The van der Waals surface area contributed by atoms with E-state index in [0.29, 0.717) is 16.5 Å². The molecule has 0 aliphatic rings. The Morgan fingerprint density at radius 2 is 1.71 bits per heavy atom. The van der Waals surface area contributed by atoms with Gasteiger partial charge in [-0.1, -0.05) is 61.3 Å². The van der Waals surface area contributed by atoms with E-state index in [1.54, 1.807) is 18.2 Å². The van der Waals surface area contributed by atoms with Crippen molar-refractivity contribution in [3.05, 3.63) is 69.5 Å². The van der Waals surface area contributed by atoms with Crippen molar-refractivity contribution < 1.29 is 4.39 Å². The van der Waals surface area contributed by atoms with Gasteiger partial charge in [0.15, 0.2) is 0 Å². The molecule has 112 valence electrons. The highest BCUT2D eigenvalue weighted by Gasteiger charge is 2.29. The lowest BCUT2D eigenvalue weighted by molar-refractivity contribution is 0.406. The Balaban J connectivity index is 2.24. The summed E-state index contributed by atoms with van der Waals surface area (Å²) in [6.45, 7) is 4.09. The first-order chi connectivity index (χ1) is 9.82. The van der Waals surface area contributed by atoms with E-state index < -0.39 is 0 Å². The van der Waals surface area contributed by atoms with E-state index in [0.717, 1.165) is 11.1 Å². The van der Waals surface area contributed by atoms with Crippen molar-refractivity contribution in [1.82, 2.24) is 0 Å². The molecule has 2 rings (SSSR count). The zero-order valence-corrected chi connectivity index (χ0v) is 13.5. The summed E-state index contributed by atoms with van der Waals surface area (Å²) in [7, 11) is 0. The monoisotopic (exact) mass is 325 g/mol. The van der Waals surface area contributed by atoms with Crippen molar-refractivity contribution in [2.75, 3.05) is 0 Å². The molecule has 0 aliphatic heterocycles. The van der Waals surface area contributed by atoms with E-state index in [9.17, 15) is 4.39 Å². The van der Waals surface area contributed by atoms with Crippen molar-refractivity contribution >= 4 is 23.2 Å². The molecule has 0 heterocycles. The smallest absolute Gasteiger partial charge is 0.123 e. The van der Waals surface area contributed by atoms with E-state index in [1.165, 1.54) is 12.1 Å². The second-order valence-electron chi connectivity index (χ2n) is 5.75. The van der Waals surface area contributed by atoms with Gasteiger partial charge in [-0.25, -0.2) is 4.39 Å². The molecule has 0 amide bonds. The van der Waals surface area contributed by atoms with Gasteiger partial charge in [0.05, 0.1) is 10.0 Å². The molecule has 2 aromatic carbocycles. The standard InChI is InChI=1S/C17H18Cl2FN/c1-17(2,12-6-8-13(20)9-7-12)15(21)10-11-4-3-5-14(18)16(11)19/h3-9,15H,10,21H2,1-2H3. The average molecular weight is 326 g/mol. The van der Waals surface area contributed by atoms with E-state index in [4.69, 9.17) is 28.9 Å². The molecule has 21 heavy (non-hydrogen) atoms. The minimum absolute atomic E-state index is 0.168. The number of benzene rings is 2. The van der Waals surface area contributed by atoms with Crippen LogP contribution in [-0.2, 0) is 11.8 Å². The highest BCUT2D eigenvalue weighted by atomic mass is 35.5. The Morgan fingerprint density at radius 1 is 1.10 bits per heavy atom. The minimum Gasteiger partial charge on any atom is -0.327 e. The van der Waals surface area contributed by atoms with Crippen molar-refractivity contribution in [2.24, 2.45) is 5.73 Å². The molecular formula is C17H18Cl2FN. The van der Waals surface area contributed by atoms with Gasteiger partial charge >= 0.3 is 0 Å². The van der Waals surface area contributed by atoms with Gasteiger partial charge in [-0.05, 0) is 35.7 Å². The van der Waals surface area contributed by atoms with Crippen molar-refractivity contribution in [2.45, 2.75) is 31.7 Å². The lowest BCUT2D eigenvalue weighted by atomic mass is 9.76. The molecule has 4 heteroatoms. The maximum atomic E-state index is 13.1. The van der Waals surface area contributed by atoms with Gasteiger partial charge in [0.2, 0.25) is 0 Å². The van der Waals surface area contributed by atoms with Gasteiger partial charge < -0.3 is 5.73 Å². The first kappa shape index (κ1) is 16.3. The van der Waals surface area contributed by atoms with Gasteiger partial charge in [-0.2, -0.15) is 0 Å². The number of hydrogen-bond donors (Lipinski definition) is 1. The van der Waals surface area contributed by atoms with Gasteiger partial charge in [0, 0.05) is 11.5 Å². The SMILES string of the molecule is CC(C)(c1ccc(F)cc1)C(N)Cc1cccc(Cl)c1Cl. The lowest BCUT2D eigenvalue weighted by Crippen LogP contribution is -2.42. The third-order valence-electron chi connectivity index (χ3n) is 3.99. The van der Waals surface area contributed by atoms with Crippen LogP contribution in [-0.4, -0.2) is 6.04 Å². The van der Waals surface area contributed by atoms with E-state index in [1.807, 2.05) is 26.0 Å². The second-order valence-corrected chi connectivity index (χ2v) is 6.54. The highest BCUT2D eigenvalue weighted by Crippen LogP contribution is 2.31. The van der Waals surface area contributed by atoms with Crippen LogP contribution in [0.5, 0.6) is 0 Å². The van der Waals surface area contributed by atoms with Gasteiger partial charge in [0.1, 0.15) is 5.82 Å². The Labute approximate surface area is 134 Å². The highest BCUT2D eigenvalue weighted by molar-refractivity contribution is 6.42. The molecule has 0 bridgehead atoms. The maximum Gasteiger partial charge on any atom is 0.123 e. The largest absolute Gasteiger partial charge is 0.327 e. The maximum absolute atomic E-state index is 13.1. The van der Waals surface area contributed by atoms with Crippen molar-refractivity contribution in [3.8, 4) is 0 Å². The van der Waals surface area contributed by atoms with Gasteiger partial charge in [-0.15, -0.1) is 0 Å². The summed E-state index contributed by atoms with van der Waals surface area (Å²) in [6.07, 6.45) is 0.601. The van der Waals surface area contributed by atoms with Crippen molar-refractivity contribution in [1.29, 1.82) is 0 Å². The Morgan fingerprint density at radius 3 is 2.33 bits per heavy atom. The molecule has 0 saturated heterocycles. The van der Waals surface area contributed by atoms with Crippen LogP contribution in [0.25, 0.3) is 0 Å². The summed E-state index contributed by atoms with van der Waals surface area (Å²) < 4.78 is 13.1. The minimum atomic E-state index is -0.306. The molecule has 1 atom stereocenters. The average Bonchev–Trinajstić information content (AvgIpc) is 2.44. The fraction of sp³-hybridized carbons (Fsp3) is 0.294. The molecule has 0 spiro atoms. The number of nitrogens with two attached hydrogens (primary N) is 1. The van der Waals surface area contributed by atoms with Crippen LogP contribution in [0.4, 0.5) is 4.39 Å². The predicted octanol–water partition coefficient (Wildman–Crippen LogP) is 4.98. The van der Waals surface area contributed by atoms with Gasteiger partial charge in [0.25, 0.3) is 0 Å². The molecule has 0 radical (unpaired) electrons. The van der Waals surface area contributed by atoms with Crippen molar-refractivity contribution in [3.63, 3.8) is 0 Å². The third kappa shape index (κ3) is 3.57. The van der Waals surface area contributed by atoms with Crippen LogP contribution < -0.4 is 5.73 Å². The second kappa shape index (κ2) is 6.35. The van der Waals surface area contributed by atoms with Crippen LogP contribution in [0.1, 0.15) is 25.0 Å². The van der Waals surface area contributed by atoms with E-state index in [-0.39, 0.29) is 17.3 Å². The molecular weight excluding hydrogens is 308 g/mol. The predicted molar refractivity (Wildman–Crippen MR) is 87.6 cm³/mol. The Bertz CT molecular complexity index is 623. The number of hydrogen-bond acceptors (Lipinski definition) is 1. The molecule has 0 aromatic heterocycles. The normalized spacial score (nSPS) is 13.2. The molecule has 2 aromatic rings. The summed E-state index contributed by atoms with van der Waals surface area (Å²) in [4.78, 5) is 0. The summed E-state index contributed by atoms with van der Waals surface area (Å²) in [5.41, 5.74) is 7.99. The van der Waals surface area contributed by atoms with Crippen LogP contribution >= 0.6 is 23.2 Å². The summed E-state index contributed by atoms with van der Waals surface area (Å²) in [5, 5.41) is 1.07. The third-order valence-corrected chi connectivity index (χ3v) is 4.84. The molecule has 1 unspecified atom stereocenters. The summed E-state index contributed by atoms with van der Waals surface area (Å²) in [5.74, 6) is -0.249. The van der Waals surface area contributed by atoms with E-state index in [2.05, 4.69) is 0 Å². The first-order valence-electron chi connectivity index (χ1n) is 6.77. The van der Waals surface area contributed by atoms with Crippen LogP contribution in [0.2, 0.25) is 10.0 Å². The molecule has 2 N–H and O–H groups in total. The quantitative estimate of drug-likeness (QED) is 0.842. The first-order valence-corrected chi connectivity index (χ1v) is 7.52. The zero-order valence-electron chi connectivity index (χ0n) is 12.0.